The molecular formula is C41H60F4N4O8. The van der Waals surface area contributed by atoms with Gasteiger partial charge in [-0.3, -0.25) is 19.4 Å². The molecule has 12 nitrogen and oxygen atoms in total. The average Bonchev–Trinajstić information content (AvgIpc) is 3.07. The quantitative estimate of drug-likeness (QED) is 0.167. The number of carboxylic acid groups (broad SMARTS) is 1. The van der Waals surface area contributed by atoms with Crippen molar-refractivity contribution >= 4 is 23.9 Å². The Kier molecular flexibility index (Phi) is 19.2. The Morgan fingerprint density at radius 2 is 0.982 bits per heavy atom. The van der Waals surface area contributed by atoms with Gasteiger partial charge in [-0.05, 0) is 83.2 Å². The summed E-state index contributed by atoms with van der Waals surface area (Å²) in [6, 6.07) is 14.6. The number of carbonyl (C=O) groups excluding carboxylic acids is 3. The number of carbonyl (C=O) groups is 4. The van der Waals surface area contributed by atoms with Gasteiger partial charge in [0, 0.05) is 71.4 Å². The first-order valence-electron chi connectivity index (χ1n) is 19.1. The number of hydrogen-bond acceptors (Lipinski definition) is 9. The molecule has 0 unspecified atom stereocenters. The predicted octanol–water partition coefficient (Wildman–Crippen LogP) is 6.86. The summed E-state index contributed by atoms with van der Waals surface area (Å²) in [6.45, 7) is 12.9. The molecule has 2 aromatic carbocycles. The molecule has 2 aliphatic heterocycles. The van der Waals surface area contributed by atoms with Crippen LogP contribution in [0.15, 0.2) is 48.5 Å². The third-order valence-electron chi connectivity index (χ3n) is 8.46. The third kappa shape index (κ3) is 23.4. The molecule has 0 radical (unpaired) electrons. The van der Waals surface area contributed by atoms with Gasteiger partial charge in [-0.15, -0.1) is 0 Å². The second kappa shape index (κ2) is 22.5. The molecule has 0 aromatic heterocycles. The van der Waals surface area contributed by atoms with Gasteiger partial charge in [0.05, 0.1) is 13.1 Å². The molecule has 0 spiro atoms. The second-order valence-corrected chi connectivity index (χ2v) is 16.2. The molecule has 2 heterocycles. The van der Waals surface area contributed by atoms with Crippen molar-refractivity contribution in [3.8, 4) is 5.75 Å². The number of carboxylic acids is 1. The lowest BCUT2D eigenvalue weighted by Crippen LogP contribution is -2.42. The number of nitrogens with one attached hydrogen (secondary N) is 2. The van der Waals surface area contributed by atoms with Gasteiger partial charge in [0.1, 0.15) is 17.0 Å². The monoisotopic (exact) mass is 812 g/mol. The molecule has 2 saturated heterocycles. The molecule has 320 valence electrons. The molecule has 16 heteroatoms. The van der Waals surface area contributed by atoms with Crippen LogP contribution in [0, 0.1) is 0 Å². The number of nitrogens with zero attached hydrogens (tertiary/aromatic N) is 2. The SMILES string of the molecule is CC(C)(C)OC(=O)NCCc1ccc(CC(=O)CN2CCC(F)(F)CC2)cc1.CC(C)(C)OC(=O)NCCc1ccc(O)cc1.O=C(O)CN1CCC(F)(F)CC1. The van der Waals surface area contributed by atoms with Crippen LogP contribution < -0.4 is 10.6 Å². The number of hydrogen-bond donors (Lipinski definition) is 4. The lowest BCUT2D eigenvalue weighted by Gasteiger charge is -2.31. The number of alkyl halides is 4. The van der Waals surface area contributed by atoms with Crippen LogP contribution in [-0.4, -0.2) is 119 Å². The van der Waals surface area contributed by atoms with E-state index in [1.807, 2.05) is 77.9 Å². The van der Waals surface area contributed by atoms with Crippen molar-refractivity contribution in [2.45, 2.75) is 110 Å². The predicted molar refractivity (Wildman–Crippen MR) is 208 cm³/mol. The van der Waals surface area contributed by atoms with Crippen LogP contribution in [0.5, 0.6) is 5.75 Å². The van der Waals surface area contributed by atoms with Gasteiger partial charge in [0.2, 0.25) is 0 Å². The van der Waals surface area contributed by atoms with Gasteiger partial charge >= 0.3 is 18.2 Å². The number of piperidine rings is 2. The Balaban J connectivity index is 0.000000327. The van der Waals surface area contributed by atoms with Crippen molar-refractivity contribution in [1.29, 1.82) is 0 Å². The zero-order valence-corrected chi connectivity index (χ0v) is 34.0. The second-order valence-electron chi connectivity index (χ2n) is 16.2. The molecule has 0 bridgehead atoms. The van der Waals surface area contributed by atoms with E-state index in [9.17, 15) is 36.7 Å². The first-order valence-corrected chi connectivity index (χ1v) is 19.1. The van der Waals surface area contributed by atoms with Crippen molar-refractivity contribution in [2.24, 2.45) is 0 Å². The van der Waals surface area contributed by atoms with Gasteiger partial charge in [0.15, 0.2) is 5.78 Å². The Bertz CT molecular complexity index is 1540. The van der Waals surface area contributed by atoms with Crippen molar-refractivity contribution in [3.63, 3.8) is 0 Å². The number of phenolic OH excluding ortho intramolecular Hbond substituents is 1. The minimum absolute atomic E-state index is 0.0320. The van der Waals surface area contributed by atoms with E-state index in [4.69, 9.17) is 19.7 Å². The highest BCUT2D eigenvalue weighted by atomic mass is 19.3. The van der Waals surface area contributed by atoms with Crippen LogP contribution in [0.3, 0.4) is 0 Å². The molecule has 57 heavy (non-hydrogen) atoms. The van der Waals surface area contributed by atoms with E-state index in [0.717, 1.165) is 16.7 Å². The first kappa shape index (κ1) is 48.7. The Labute approximate surface area is 333 Å². The smallest absolute Gasteiger partial charge is 0.407 e. The van der Waals surface area contributed by atoms with Gasteiger partial charge in [0.25, 0.3) is 11.8 Å². The van der Waals surface area contributed by atoms with Crippen LogP contribution >= 0.6 is 0 Å². The van der Waals surface area contributed by atoms with E-state index in [1.165, 1.54) is 4.90 Å². The Hall–Kier alpha value is -4.44. The third-order valence-corrected chi connectivity index (χ3v) is 8.46. The zero-order valence-electron chi connectivity index (χ0n) is 34.0. The van der Waals surface area contributed by atoms with Crippen molar-refractivity contribution < 1.29 is 56.4 Å². The average molecular weight is 813 g/mol. The fraction of sp³-hybridized carbons (Fsp3) is 0.610. The number of aromatic hydroxyl groups is 1. The summed E-state index contributed by atoms with van der Waals surface area (Å²) in [4.78, 5) is 48.7. The number of rotatable bonds is 12. The first-order chi connectivity index (χ1) is 26.4. The summed E-state index contributed by atoms with van der Waals surface area (Å²) in [5, 5.41) is 22.9. The minimum atomic E-state index is -2.59. The molecule has 2 amide bonds. The van der Waals surface area contributed by atoms with E-state index in [1.54, 1.807) is 17.0 Å². The summed E-state index contributed by atoms with van der Waals surface area (Å²) in [5.74, 6) is -5.86. The number of aliphatic carboxylic acids is 1. The Morgan fingerprint density at radius 3 is 1.35 bits per heavy atom. The number of benzene rings is 2. The molecule has 4 N–H and O–H groups in total. The number of ether oxygens (including phenoxy) is 2. The highest BCUT2D eigenvalue weighted by Crippen LogP contribution is 2.28. The van der Waals surface area contributed by atoms with Crippen molar-refractivity contribution in [1.82, 2.24) is 20.4 Å². The molecule has 0 aliphatic carbocycles. The van der Waals surface area contributed by atoms with Gasteiger partial charge in [-0.25, -0.2) is 27.2 Å². The summed E-state index contributed by atoms with van der Waals surface area (Å²) in [7, 11) is 0. The number of phenols is 1. The van der Waals surface area contributed by atoms with Crippen LogP contribution in [0.1, 0.15) is 83.9 Å². The van der Waals surface area contributed by atoms with Gasteiger partial charge in [-0.2, -0.15) is 0 Å². The van der Waals surface area contributed by atoms with Gasteiger partial charge < -0.3 is 30.3 Å². The lowest BCUT2D eigenvalue weighted by molar-refractivity contribution is -0.140. The summed E-state index contributed by atoms with van der Waals surface area (Å²) in [6.07, 6.45) is 0.0266. The van der Waals surface area contributed by atoms with E-state index in [2.05, 4.69) is 10.6 Å². The van der Waals surface area contributed by atoms with E-state index < -0.39 is 41.2 Å². The molecule has 0 saturated carbocycles. The number of likely N-dealkylation sites (tertiary alicyclic amines) is 2. The fourth-order valence-corrected chi connectivity index (χ4v) is 5.53. The highest BCUT2D eigenvalue weighted by molar-refractivity contribution is 5.82. The number of alkyl carbamates (subject to hydrolysis) is 2. The fourth-order valence-electron chi connectivity index (χ4n) is 5.53. The maximum atomic E-state index is 13.2. The lowest BCUT2D eigenvalue weighted by atomic mass is 10.0. The van der Waals surface area contributed by atoms with Crippen molar-refractivity contribution in [2.75, 3.05) is 52.4 Å². The van der Waals surface area contributed by atoms with Crippen LogP contribution in [0.2, 0.25) is 0 Å². The normalized spacial score (nSPS) is 16.7. The largest absolute Gasteiger partial charge is 0.508 e. The number of ketones is 1. The maximum absolute atomic E-state index is 13.2. The molecule has 2 aliphatic rings. The Morgan fingerprint density at radius 1 is 0.632 bits per heavy atom. The van der Waals surface area contributed by atoms with E-state index in [-0.39, 0.29) is 76.5 Å². The molecule has 0 atom stereocenters. The molecule has 4 rings (SSSR count). The van der Waals surface area contributed by atoms with Crippen LogP contribution in [0.25, 0.3) is 0 Å². The summed E-state index contributed by atoms with van der Waals surface area (Å²) < 4.78 is 61.7. The number of Topliss-reactive ketones (excluding diaryl/α,β-unsaturated/α-hetero) is 1. The van der Waals surface area contributed by atoms with Crippen molar-refractivity contribution in [3.05, 3.63) is 65.2 Å². The van der Waals surface area contributed by atoms with E-state index in [0.29, 0.717) is 32.4 Å². The number of halogens is 4. The van der Waals surface area contributed by atoms with Gasteiger partial charge in [-0.1, -0.05) is 36.4 Å². The molecule has 2 fully saturated rings. The molecule has 2 aromatic rings. The molecular weight excluding hydrogens is 752 g/mol. The highest BCUT2D eigenvalue weighted by Gasteiger charge is 2.35. The maximum Gasteiger partial charge on any atom is 0.407 e. The zero-order chi connectivity index (χ0) is 42.9. The summed E-state index contributed by atoms with van der Waals surface area (Å²) >= 11 is 0. The minimum Gasteiger partial charge on any atom is -0.508 e. The summed E-state index contributed by atoms with van der Waals surface area (Å²) in [5.41, 5.74) is 2.01. The van der Waals surface area contributed by atoms with Crippen LogP contribution in [0.4, 0.5) is 27.2 Å². The van der Waals surface area contributed by atoms with Crippen LogP contribution in [-0.2, 0) is 38.3 Å². The number of amides is 2. The van der Waals surface area contributed by atoms with E-state index >= 15 is 0 Å². The topological polar surface area (TPSA) is 158 Å². The standard InChI is InChI=1S/C21H30F2N2O3.C13H19NO3.C7H11F2NO2/c1-20(2,3)28-19(27)24-11-8-16-4-6-17(7-5-16)14-18(26)15-25-12-9-21(22,23)10-13-25;1-13(2,3)17-12(16)14-9-8-10-4-6-11(15)7-5-10;8-7(9)1-3-10(4-2-7)5-6(11)12/h4-7H,8-15H2,1-3H3,(H,24,27);4-7,15H,8-9H2,1-3H3,(H,14,16);1-5H2,(H,11,12).